The van der Waals surface area contributed by atoms with Crippen LogP contribution in [-0.2, 0) is 4.74 Å². The van der Waals surface area contributed by atoms with Crippen LogP contribution in [0.5, 0.6) is 0 Å². The quantitative estimate of drug-likeness (QED) is 0.675. The second-order valence-corrected chi connectivity index (χ2v) is 3.50. The molecule has 88 valence electrons. The van der Waals surface area contributed by atoms with Gasteiger partial charge in [-0.1, -0.05) is 23.2 Å². The first-order chi connectivity index (χ1) is 7.52. The average Bonchev–Trinajstić information content (AvgIpc) is 2.25. The molecule has 0 amide bonds. The summed E-state index contributed by atoms with van der Waals surface area (Å²) in [7, 11) is 1.17. The SMILES string of the molecule is CCNc1c(F)c(Cl)nc(Cl)c1C(=O)OC. The summed E-state index contributed by atoms with van der Waals surface area (Å²) in [5, 5.41) is 2.06. The molecule has 1 N–H and O–H groups in total. The van der Waals surface area contributed by atoms with E-state index < -0.39 is 16.9 Å². The van der Waals surface area contributed by atoms with Crippen molar-refractivity contribution in [2.75, 3.05) is 19.0 Å². The van der Waals surface area contributed by atoms with E-state index in [2.05, 4.69) is 15.0 Å². The molecule has 0 aliphatic carbocycles. The first-order valence-electron chi connectivity index (χ1n) is 4.39. The van der Waals surface area contributed by atoms with E-state index in [0.29, 0.717) is 6.54 Å². The summed E-state index contributed by atoms with van der Waals surface area (Å²) in [4.78, 5) is 14.9. The van der Waals surface area contributed by atoms with Gasteiger partial charge in [-0.15, -0.1) is 0 Å². The lowest BCUT2D eigenvalue weighted by atomic mass is 10.2. The fourth-order valence-electron chi connectivity index (χ4n) is 1.14. The molecule has 0 atom stereocenters. The molecule has 0 spiro atoms. The highest BCUT2D eigenvalue weighted by atomic mass is 35.5. The maximum Gasteiger partial charge on any atom is 0.343 e. The molecule has 0 aliphatic rings. The number of carbonyl (C=O) groups is 1. The third-order valence-corrected chi connectivity index (χ3v) is 2.32. The van der Waals surface area contributed by atoms with Crippen LogP contribution in [0.2, 0.25) is 10.3 Å². The van der Waals surface area contributed by atoms with E-state index in [1.807, 2.05) is 0 Å². The number of anilines is 1. The molecule has 0 unspecified atom stereocenters. The summed E-state index contributed by atoms with van der Waals surface area (Å²) in [5.41, 5.74) is -0.257. The van der Waals surface area contributed by atoms with Gasteiger partial charge in [-0.3, -0.25) is 0 Å². The molecule has 0 fully saturated rings. The van der Waals surface area contributed by atoms with Crippen molar-refractivity contribution in [3.05, 3.63) is 21.7 Å². The molecule has 0 aromatic carbocycles. The van der Waals surface area contributed by atoms with Crippen LogP contribution in [0.4, 0.5) is 10.1 Å². The van der Waals surface area contributed by atoms with Gasteiger partial charge < -0.3 is 10.1 Å². The molecule has 1 rings (SSSR count). The van der Waals surface area contributed by atoms with E-state index in [1.165, 1.54) is 7.11 Å². The highest BCUT2D eigenvalue weighted by Crippen LogP contribution is 2.30. The van der Waals surface area contributed by atoms with Crippen molar-refractivity contribution in [2.24, 2.45) is 0 Å². The van der Waals surface area contributed by atoms with Gasteiger partial charge in [-0.05, 0) is 6.92 Å². The predicted octanol–water partition coefficient (Wildman–Crippen LogP) is 2.75. The van der Waals surface area contributed by atoms with Gasteiger partial charge in [0.25, 0.3) is 0 Å². The van der Waals surface area contributed by atoms with Crippen LogP contribution in [0.3, 0.4) is 0 Å². The zero-order valence-electron chi connectivity index (χ0n) is 8.60. The van der Waals surface area contributed by atoms with Crippen molar-refractivity contribution in [2.45, 2.75) is 6.92 Å². The Morgan fingerprint density at radius 3 is 2.62 bits per heavy atom. The largest absolute Gasteiger partial charge is 0.465 e. The smallest absolute Gasteiger partial charge is 0.343 e. The van der Waals surface area contributed by atoms with Gasteiger partial charge in [-0.25, -0.2) is 14.2 Å². The monoisotopic (exact) mass is 266 g/mol. The Balaban J connectivity index is 3.44. The van der Waals surface area contributed by atoms with E-state index in [1.54, 1.807) is 6.92 Å². The first-order valence-corrected chi connectivity index (χ1v) is 5.15. The van der Waals surface area contributed by atoms with E-state index in [0.717, 1.165) is 0 Å². The Kier molecular flexibility index (Phi) is 4.32. The summed E-state index contributed by atoms with van der Waals surface area (Å²) in [6.45, 7) is 2.14. The summed E-state index contributed by atoms with van der Waals surface area (Å²) in [6, 6.07) is 0. The van der Waals surface area contributed by atoms with Crippen LogP contribution in [0.1, 0.15) is 17.3 Å². The molecule has 0 aliphatic heterocycles. The van der Waals surface area contributed by atoms with Gasteiger partial charge in [0.05, 0.1) is 12.8 Å². The van der Waals surface area contributed by atoms with Gasteiger partial charge in [0.15, 0.2) is 11.0 Å². The lowest BCUT2D eigenvalue weighted by molar-refractivity contribution is 0.0601. The lowest BCUT2D eigenvalue weighted by Gasteiger charge is -2.12. The van der Waals surface area contributed by atoms with Crippen molar-refractivity contribution in [3.8, 4) is 0 Å². The number of aromatic nitrogens is 1. The minimum absolute atomic E-state index is 0.0978. The highest BCUT2D eigenvalue weighted by Gasteiger charge is 2.23. The van der Waals surface area contributed by atoms with E-state index in [9.17, 15) is 9.18 Å². The number of hydrogen-bond acceptors (Lipinski definition) is 4. The zero-order chi connectivity index (χ0) is 12.3. The fourth-order valence-corrected chi connectivity index (χ4v) is 1.62. The van der Waals surface area contributed by atoms with Gasteiger partial charge in [0, 0.05) is 6.54 Å². The third kappa shape index (κ3) is 2.36. The Bertz CT molecular complexity index is 426. The Labute approximate surface area is 102 Å². The normalized spacial score (nSPS) is 10.1. The Morgan fingerprint density at radius 2 is 2.12 bits per heavy atom. The van der Waals surface area contributed by atoms with E-state index in [4.69, 9.17) is 23.2 Å². The first kappa shape index (κ1) is 13.0. The van der Waals surface area contributed by atoms with Gasteiger partial charge >= 0.3 is 5.97 Å². The molecule has 0 radical (unpaired) electrons. The topological polar surface area (TPSA) is 51.2 Å². The van der Waals surface area contributed by atoms with Gasteiger partial charge in [-0.2, -0.15) is 0 Å². The van der Waals surface area contributed by atoms with Crippen molar-refractivity contribution in [3.63, 3.8) is 0 Å². The standard InChI is InChI=1S/C9H9Cl2FN2O2/c1-3-13-6-4(9(15)16-2)7(10)14-8(11)5(6)12/h3H2,1-2H3,(H,13,14). The summed E-state index contributed by atoms with van der Waals surface area (Å²) < 4.78 is 18.1. The average molecular weight is 267 g/mol. The maximum absolute atomic E-state index is 13.6. The number of carbonyl (C=O) groups excluding carboxylic acids is 1. The van der Waals surface area contributed by atoms with Crippen molar-refractivity contribution in [1.29, 1.82) is 0 Å². The Morgan fingerprint density at radius 1 is 1.50 bits per heavy atom. The number of nitrogens with one attached hydrogen (secondary N) is 1. The molecule has 16 heavy (non-hydrogen) atoms. The number of rotatable bonds is 3. The molecule has 7 heteroatoms. The molecule has 0 bridgehead atoms. The molecular weight excluding hydrogens is 258 g/mol. The van der Waals surface area contributed by atoms with Crippen molar-refractivity contribution in [1.82, 2.24) is 4.98 Å². The summed E-state index contributed by atoms with van der Waals surface area (Å²) in [5.74, 6) is -1.60. The highest BCUT2D eigenvalue weighted by molar-refractivity contribution is 6.35. The van der Waals surface area contributed by atoms with Crippen LogP contribution in [0.15, 0.2) is 0 Å². The predicted molar refractivity (Wildman–Crippen MR) is 59.7 cm³/mol. The van der Waals surface area contributed by atoms with Crippen LogP contribution in [0, 0.1) is 5.82 Å². The second kappa shape index (κ2) is 5.32. The number of ether oxygens (including phenoxy) is 1. The van der Waals surface area contributed by atoms with Crippen LogP contribution < -0.4 is 5.32 Å². The summed E-state index contributed by atoms with van der Waals surface area (Å²) >= 11 is 11.2. The molecule has 1 aromatic heterocycles. The summed E-state index contributed by atoms with van der Waals surface area (Å²) in [6.07, 6.45) is 0. The molecular formula is C9H9Cl2FN2O2. The fraction of sp³-hybridized carbons (Fsp3) is 0.333. The number of methoxy groups -OCH3 is 1. The second-order valence-electron chi connectivity index (χ2n) is 2.78. The lowest BCUT2D eigenvalue weighted by Crippen LogP contribution is -2.12. The number of pyridine rings is 1. The van der Waals surface area contributed by atoms with E-state index >= 15 is 0 Å². The van der Waals surface area contributed by atoms with Crippen molar-refractivity contribution < 1.29 is 13.9 Å². The minimum Gasteiger partial charge on any atom is -0.465 e. The number of esters is 1. The van der Waals surface area contributed by atoms with Crippen LogP contribution in [-0.4, -0.2) is 24.6 Å². The Hall–Kier alpha value is -1.07. The maximum atomic E-state index is 13.6. The number of hydrogen-bond donors (Lipinski definition) is 1. The van der Waals surface area contributed by atoms with Crippen LogP contribution >= 0.6 is 23.2 Å². The number of nitrogens with zero attached hydrogens (tertiary/aromatic N) is 1. The molecule has 1 aromatic rings. The molecule has 1 heterocycles. The number of halogens is 3. The van der Waals surface area contributed by atoms with Crippen molar-refractivity contribution >= 4 is 34.9 Å². The molecule has 0 saturated heterocycles. The van der Waals surface area contributed by atoms with E-state index in [-0.39, 0.29) is 16.4 Å². The van der Waals surface area contributed by atoms with Crippen LogP contribution in [0.25, 0.3) is 0 Å². The minimum atomic E-state index is -0.826. The molecule has 0 saturated carbocycles. The molecule has 4 nitrogen and oxygen atoms in total. The van der Waals surface area contributed by atoms with Gasteiger partial charge in [0.1, 0.15) is 10.7 Å². The zero-order valence-corrected chi connectivity index (χ0v) is 10.1. The third-order valence-electron chi connectivity index (χ3n) is 1.80. The van der Waals surface area contributed by atoms with Gasteiger partial charge in [0.2, 0.25) is 0 Å².